The van der Waals surface area contributed by atoms with Gasteiger partial charge in [-0.15, -0.1) is 0 Å². The average molecular weight is 211 g/mol. The summed E-state index contributed by atoms with van der Waals surface area (Å²) < 4.78 is 5.67. The van der Waals surface area contributed by atoms with Crippen molar-refractivity contribution in [2.45, 2.75) is 26.2 Å². The van der Waals surface area contributed by atoms with E-state index in [2.05, 4.69) is 6.92 Å². The highest BCUT2D eigenvalue weighted by Crippen LogP contribution is 2.33. The van der Waals surface area contributed by atoms with Gasteiger partial charge in [0.05, 0.1) is 11.6 Å². The Morgan fingerprint density at radius 2 is 2.21 bits per heavy atom. The van der Waals surface area contributed by atoms with Gasteiger partial charge in [-0.05, 0) is 36.8 Å². The van der Waals surface area contributed by atoms with Crippen molar-refractivity contribution in [1.82, 2.24) is 0 Å². The summed E-state index contributed by atoms with van der Waals surface area (Å²) in [7, 11) is 0. The lowest BCUT2D eigenvalue weighted by molar-refractivity contribution is 0.299. The van der Waals surface area contributed by atoms with E-state index in [-0.39, 0.29) is 0 Å². The van der Waals surface area contributed by atoms with Crippen LogP contribution in [0.1, 0.15) is 25.3 Å². The van der Waals surface area contributed by atoms with Crippen LogP contribution in [-0.2, 0) is 6.42 Å². The highest BCUT2D eigenvalue weighted by molar-refractivity contribution is 6.32. The molecule has 1 fully saturated rings. The number of hydrogen-bond acceptors (Lipinski definition) is 1. The third kappa shape index (κ3) is 2.21. The maximum atomic E-state index is 6.19. The zero-order valence-electron chi connectivity index (χ0n) is 8.42. The molecule has 2 heteroatoms. The quantitative estimate of drug-likeness (QED) is 0.737. The van der Waals surface area contributed by atoms with E-state index in [4.69, 9.17) is 16.3 Å². The van der Waals surface area contributed by atoms with Gasteiger partial charge >= 0.3 is 0 Å². The van der Waals surface area contributed by atoms with Crippen molar-refractivity contribution in [3.05, 3.63) is 28.8 Å². The monoisotopic (exact) mass is 210 g/mol. The highest BCUT2D eigenvalue weighted by atomic mass is 35.5. The van der Waals surface area contributed by atoms with E-state index in [0.29, 0.717) is 0 Å². The molecule has 0 heterocycles. The van der Waals surface area contributed by atoms with Crippen LogP contribution < -0.4 is 4.74 Å². The van der Waals surface area contributed by atoms with Gasteiger partial charge < -0.3 is 4.74 Å². The zero-order valence-corrected chi connectivity index (χ0v) is 9.18. The van der Waals surface area contributed by atoms with E-state index in [1.54, 1.807) is 0 Å². The van der Waals surface area contributed by atoms with Crippen LogP contribution in [0.25, 0.3) is 0 Å². The molecule has 76 valence electrons. The number of halogens is 1. The molecule has 1 aromatic carbocycles. The molecule has 14 heavy (non-hydrogen) atoms. The number of rotatable bonds is 4. The maximum absolute atomic E-state index is 6.19. The summed E-state index contributed by atoms with van der Waals surface area (Å²) in [5, 5.41) is 0.788. The fourth-order valence-electron chi connectivity index (χ4n) is 1.43. The largest absolute Gasteiger partial charge is 0.492 e. The number of hydrogen-bond donors (Lipinski definition) is 0. The lowest BCUT2D eigenvalue weighted by atomic mass is 10.1. The fraction of sp³-hybridized carbons (Fsp3) is 0.500. The van der Waals surface area contributed by atoms with E-state index < -0.39 is 0 Å². The number of aryl methyl sites for hydroxylation is 1. The molecule has 1 aromatic rings. The molecule has 1 aliphatic carbocycles. The van der Waals surface area contributed by atoms with Crippen LogP contribution in [0.2, 0.25) is 5.02 Å². The topological polar surface area (TPSA) is 9.23 Å². The first-order valence-corrected chi connectivity index (χ1v) is 5.59. The summed E-state index contributed by atoms with van der Waals surface area (Å²) >= 11 is 6.19. The Balaban J connectivity index is 2.06. The standard InChI is InChI=1S/C12H15ClO/c1-2-10-4-3-5-11(12(10)13)14-8-9-6-7-9/h3-5,9H,2,6-8H2,1H3. The summed E-state index contributed by atoms with van der Waals surface area (Å²) in [4.78, 5) is 0. The van der Waals surface area contributed by atoms with Crippen LogP contribution in [0, 0.1) is 5.92 Å². The molecule has 1 saturated carbocycles. The van der Waals surface area contributed by atoms with Crippen LogP contribution in [0.4, 0.5) is 0 Å². The second-order valence-corrected chi connectivity index (χ2v) is 4.22. The summed E-state index contributed by atoms with van der Waals surface area (Å²) in [5.74, 6) is 1.62. The van der Waals surface area contributed by atoms with Gasteiger partial charge in [-0.2, -0.15) is 0 Å². The van der Waals surface area contributed by atoms with Gasteiger partial charge in [0.15, 0.2) is 0 Å². The molecule has 0 amide bonds. The molecule has 0 atom stereocenters. The van der Waals surface area contributed by atoms with Crippen LogP contribution in [-0.4, -0.2) is 6.61 Å². The second-order valence-electron chi connectivity index (χ2n) is 3.84. The molecule has 1 nitrogen and oxygen atoms in total. The van der Waals surface area contributed by atoms with Crippen molar-refractivity contribution < 1.29 is 4.74 Å². The van der Waals surface area contributed by atoms with Crippen LogP contribution in [0.15, 0.2) is 18.2 Å². The first-order chi connectivity index (χ1) is 6.81. The summed E-state index contributed by atoms with van der Waals surface area (Å²) in [6.07, 6.45) is 3.58. The molecule has 0 aromatic heterocycles. The summed E-state index contributed by atoms with van der Waals surface area (Å²) in [6, 6.07) is 6.00. The smallest absolute Gasteiger partial charge is 0.138 e. The van der Waals surface area contributed by atoms with Crippen molar-refractivity contribution in [3.8, 4) is 5.75 Å². The molecule has 0 aliphatic heterocycles. The van der Waals surface area contributed by atoms with Gasteiger partial charge in [0.25, 0.3) is 0 Å². The minimum absolute atomic E-state index is 0.774. The maximum Gasteiger partial charge on any atom is 0.138 e. The van der Waals surface area contributed by atoms with Gasteiger partial charge in [-0.25, -0.2) is 0 Å². The van der Waals surface area contributed by atoms with Gasteiger partial charge in [-0.3, -0.25) is 0 Å². The van der Waals surface area contributed by atoms with Gasteiger partial charge in [-0.1, -0.05) is 30.7 Å². The molecule has 0 radical (unpaired) electrons. The van der Waals surface area contributed by atoms with E-state index in [9.17, 15) is 0 Å². The van der Waals surface area contributed by atoms with Gasteiger partial charge in [0.1, 0.15) is 5.75 Å². The Kier molecular flexibility index (Phi) is 2.97. The molecule has 0 N–H and O–H groups in total. The van der Waals surface area contributed by atoms with E-state index in [0.717, 1.165) is 29.7 Å². The Labute approximate surface area is 90.0 Å². The van der Waals surface area contributed by atoms with Crippen molar-refractivity contribution >= 4 is 11.6 Å². The molecule has 0 saturated heterocycles. The first-order valence-electron chi connectivity index (χ1n) is 5.21. The Bertz CT molecular complexity index is 318. The van der Waals surface area contributed by atoms with Crippen molar-refractivity contribution in [2.24, 2.45) is 5.92 Å². The molecule has 0 bridgehead atoms. The van der Waals surface area contributed by atoms with Crippen molar-refractivity contribution in [1.29, 1.82) is 0 Å². The lowest BCUT2D eigenvalue weighted by Gasteiger charge is -2.09. The first kappa shape index (κ1) is 9.85. The van der Waals surface area contributed by atoms with E-state index >= 15 is 0 Å². The minimum atomic E-state index is 0.774. The average Bonchev–Trinajstić information content (AvgIpc) is 3.00. The Morgan fingerprint density at radius 3 is 2.86 bits per heavy atom. The predicted octanol–water partition coefficient (Wildman–Crippen LogP) is 3.69. The third-order valence-corrected chi connectivity index (χ3v) is 3.02. The van der Waals surface area contributed by atoms with E-state index in [1.165, 1.54) is 18.4 Å². The lowest BCUT2D eigenvalue weighted by Crippen LogP contribution is -2.00. The summed E-state index contributed by atoms with van der Waals surface area (Å²) in [6.45, 7) is 2.93. The minimum Gasteiger partial charge on any atom is -0.492 e. The van der Waals surface area contributed by atoms with Crippen LogP contribution in [0.5, 0.6) is 5.75 Å². The van der Waals surface area contributed by atoms with Crippen LogP contribution in [0.3, 0.4) is 0 Å². The molecule has 0 spiro atoms. The number of ether oxygens (including phenoxy) is 1. The van der Waals surface area contributed by atoms with Gasteiger partial charge in [0.2, 0.25) is 0 Å². The second kappa shape index (κ2) is 4.22. The van der Waals surface area contributed by atoms with Crippen molar-refractivity contribution in [2.75, 3.05) is 6.61 Å². The van der Waals surface area contributed by atoms with Crippen molar-refractivity contribution in [3.63, 3.8) is 0 Å². The molecule has 2 rings (SSSR count). The van der Waals surface area contributed by atoms with Gasteiger partial charge in [0, 0.05) is 0 Å². The van der Waals surface area contributed by atoms with E-state index in [1.807, 2.05) is 18.2 Å². The normalized spacial score (nSPS) is 15.6. The molecular weight excluding hydrogens is 196 g/mol. The molecule has 0 unspecified atom stereocenters. The Hall–Kier alpha value is -0.690. The highest BCUT2D eigenvalue weighted by Gasteiger charge is 2.22. The predicted molar refractivity (Wildman–Crippen MR) is 59.0 cm³/mol. The Morgan fingerprint density at radius 1 is 1.43 bits per heavy atom. The fourth-order valence-corrected chi connectivity index (χ4v) is 1.75. The molecular formula is C12H15ClO. The zero-order chi connectivity index (χ0) is 9.97. The van der Waals surface area contributed by atoms with Crippen LogP contribution >= 0.6 is 11.6 Å². The molecule has 1 aliphatic rings. The SMILES string of the molecule is CCc1cccc(OCC2CC2)c1Cl. The summed E-state index contributed by atoms with van der Waals surface area (Å²) in [5.41, 5.74) is 1.17. The third-order valence-electron chi connectivity index (χ3n) is 2.60. The number of benzene rings is 1.